The molecule has 4 aromatic heterocycles. The third-order valence-electron chi connectivity index (χ3n) is 13.4. The van der Waals surface area contributed by atoms with Crippen molar-refractivity contribution in [3.05, 3.63) is 224 Å². The van der Waals surface area contributed by atoms with E-state index in [0.29, 0.717) is 0 Å². The summed E-state index contributed by atoms with van der Waals surface area (Å²) >= 11 is 0. The van der Waals surface area contributed by atoms with Crippen LogP contribution in [-0.4, -0.2) is 13.7 Å². The molecule has 64 heavy (non-hydrogen) atoms. The van der Waals surface area contributed by atoms with Crippen LogP contribution >= 0.6 is 0 Å². The van der Waals surface area contributed by atoms with E-state index in [2.05, 4.69) is 226 Å². The minimum Gasteiger partial charge on any atom is -0.456 e. The van der Waals surface area contributed by atoms with Crippen LogP contribution in [0.3, 0.4) is 0 Å². The van der Waals surface area contributed by atoms with E-state index in [9.17, 15) is 0 Å². The fourth-order valence-corrected chi connectivity index (χ4v) is 10.5. The normalized spacial score (nSPS) is 12.1. The number of benzene rings is 10. The van der Waals surface area contributed by atoms with Crippen molar-refractivity contribution in [1.82, 2.24) is 13.7 Å². The van der Waals surface area contributed by atoms with Gasteiger partial charge in [-0.2, -0.15) is 0 Å². The van der Waals surface area contributed by atoms with Crippen LogP contribution in [0.1, 0.15) is 0 Å². The lowest BCUT2D eigenvalue weighted by atomic mass is 9.99. The van der Waals surface area contributed by atoms with Crippen molar-refractivity contribution in [2.24, 2.45) is 0 Å². The largest absolute Gasteiger partial charge is 0.456 e. The third kappa shape index (κ3) is 5.11. The zero-order valence-electron chi connectivity index (χ0n) is 34.6. The summed E-state index contributed by atoms with van der Waals surface area (Å²) in [5.41, 5.74) is 17.0. The summed E-state index contributed by atoms with van der Waals surface area (Å²) in [5.74, 6) is 0. The van der Waals surface area contributed by atoms with Crippen molar-refractivity contribution in [2.45, 2.75) is 0 Å². The molecule has 0 amide bonds. The van der Waals surface area contributed by atoms with Crippen molar-refractivity contribution in [3.8, 4) is 39.3 Å². The molecule has 0 spiro atoms. The van der Waals surface area contributed by atoms with E-state index in [1.54, 1.807) is 0 Å². The fourth-order valence-electron chi connectivity index (χ4n) is 10.5. The van der Waals surface area contributed by atoms with Gasteiger partial charge in [-0.25, -0.2) is 0 Å². The maximum atomic E-state index is 6.29. The van der Waals surface area contributed by atoms with Crippen LogP contribution in [0.25, 0.3) is 127 Å². The Balaban J connectivity index is 1.000. The summed E-state index contributed by atoms with van der Waals surface area (Å²) in [6.45, 7) is 0. The molecule has 4 heterocycles. The summed E-state index contributed by atoms with van der Waals surface area (Å²) in [6.07, 6.45) is 0. The number of aromatic nitrogens is 3. The van der Waals surface area contributed by atoms with Gasteiger partial charge in [-0.05, 0) is 119 Å². The van der Waals surface area contributed by atoms with E-state index >= 15 is 0 Å². The van der Waals surface area contributed by atoms with Gasteiger partial charge in [0.25, 0.3) is 0 Å². The average Bonchev–Trinajstić information content (AvgIpc) is 4.10. The van der Waals surface area contributed by atoms with Crippen LogP contribution < -0.4 is 0 Å². The zero-order chi connectivity index (χ0) is 41.9. The van der Waals surface area contributed by atoms with Gasteiger partial charge in [0, 0.05) is 60.2 Å². The molecule has 0 bridgehead atoms. The number of furan rings is 1. The zero-order valence-corrected chi connectivity index (χ0v) is 34.6. The van der Waals surface area contributed by atoms with Gasteiger partial charge in [0.15, 0.2) is 0 Å². The summed E-state index contributed by atoms with van der Waals surface area (Å²) in [5, 5.41) is 9.64. The molecule has 0 atom stereocenters. The number of para-hydroxylation sites is 5. The van der Waals surface area contributed by atoms with Gasteiger partial charge in [0.2, 0.25) is 0 Å². The van der Waals surface area contributed by atoms with E-state index in [1.165, 1.54) is 76.6 Å². The van der Waals surface area contributed by atoms with Crippen LogP contribution in [-0.2, 0) is 0 Å². The third-order valence-corrected chi connectivity index (χ3v) is 13.4. The molecule has 14 rings (SSSR count). The molecule has 0 aliphatic heterocycles. The molecule has 0 aliphatic rings. The predicted octanol–water partition coefficient (Wildman–Crippen LogP) is 16.2. The molecule has 10 aromatic carbocycles. The highest BCUT2D eigenvalue weighted by Gasteiger charge is 2.19. The van der Waals surface area contributed by atoms with Gasteiger partial charge in [-0.15, -0.1) is 0 Å². The summed E-state index contributed by atoms with van der Waals surface area (Å²) in [7, 11) is 0. The molecule has 14 aromatic rings. The van der Waals surface area contributed by atoms with Crippen LogP contribution in [0.5, 0.6) is 0 Å². The number of hydrogen-bond donors (Lipinski definition) is 0. The monoisotopic (exact) mass is 815 g/mol. The van der Waals surface area contributed by atoms with Crippen molar-refractivity contribution in [1.29, 1.82) is 0 Å². The minimum atomic E-state index is 0.891. The average molecular weight is 816 g/mol. The highest BCUT2D eigenvalue weighted by molar-refractivity contribution is 6.15. The molecule has 4 nitrogen and oxygen atoms in total. The molecular weight excluding hydrogens is 779 g/mol. The maximum absolute atomic E-state index is 6.29. The molecular formula is C60H37N3O. The predicted molar refractivity (Wildman–Crippen MR) is 268 cm³/mol. The second kappa shape index (κ2) is 13.4. The van der Waals surface area contributed by atoms with E-state index in [-0.39, 0.29) is 0 Å². The second-order valence-electron chi connectivity index (χ2n) is 16.9. The Labute approximate surface area is 367 Å². The van der Waals surface area contributed by atoms with Gasteiger partial charge in [-0.3, -0.25) is 0 Å². The minimum absolute atomic E-state index is 0.891. The molecule has 0 N–H and O–H groups in total. The molecule has 0 fully saturated rings. The summed E-state index contributed by atoms with van der Waals surface area (Å²) in [6, 6.07) is 81.7. The van der Waals surface area contributed by atoms with Crippen molar-refractivity contribution >= 4 is 87.4 Å². The first kappa shape index (κ1) is 35.0. The van der Waals surface area contributed by atoms with Crippen LogP contribution in [0.4, 0.5) is 0 Å². The SMILES string of the molecule is c1ccc(-n2c3ccccc3c3ccc(-c4ccc5c(c4)c4cc(-c6ccc7c8ccccc8n(-c8ccccc8)c7c6)ccc4n5-c4ccc5oc6ccccc6c5c4)cc32)cc1. The molecule has 298 valence electrons. The van der Waals surface area contributed by atoms with E-state index in [0.717, 1.165) is 50.0 Å². The first-order valence-corrected chi connectivity index (χ1v) is 21.9. The van der Waals surface area contributed by atoms with Crippen molar-refractivity contribution < 1.29 is 4.42 Å². The fraction of sp³-hybridized carbons (Fsp3) is 0. The van der Waals surface area contributed by atoms with Crippen molar-refractivity contribution in [2.75, 3.05) is 0 Å². The lowest BCUT2D eigenvalue weighted by molar-refractivity contribution is 0.669. The first-order valence-electron chi connectivity index (χ1n) is 21.9. The highest BCUT2D eigenvalue weighted by atomic mass is 16.3. The number of fused-ring (bicyclic) bond motifs is 12. The van der Waals surface area contributed by atoms with Gasteiger partial charge < -0.3 is 18.1 Å². The molecule has 0 unspecified atom stereocenters. The van der Waals surface area contributed by atoms with Gasteiger partial charge in [-0.1, -0.05) is 127 Å². The lowest BCUT2D eigenvalue weighted by Gasteiger charge is -2.10. The van der Waals surface area contributed by atoms with E-state index < -0.39 is 0 Å². The maximum Gasteiger partial charge on any atom is 0.135 e. The Morgan fingerprint density at radius 3 is 1.19 bits per heavy atom. The summed E-state index contributed by atoms with van der Waals surface area (Å²) < 4.78 is 13.5. The second-order valence-corrected chi connectivity index (χ2v) is 16.9. The molecule has 0 saturated carbocycles. The Bertz CT molecular complexity index is 3970. The highest BCUT2D eigenvalue weighted by Crippen LogP contribution is 2.42. The Morgan fingerprint density at radius 2 is 0.625 bits per heavy atom. The smallest absolute Gasteiger partial charge is 0.135 e. The molecule has 0 aliphatic carbocycles. The van der Waals surface area contributed by atoms with Gasteiger partial charge >= 0.3 is 0 Å². The quantitative estimate of drug-likeness (QED) is 0.170. The number of rotatable bonds is 5. The summed E-state index contributed by atoms with van der Waals surface area (Å²) in [4.78, 5) is 0. The number of nitrogens with zero attached hydrogens (tertiary/aromatic N) is 3. The van der Waals surface area contributed by atoms with Crippen LogP contribution in [0.15, 0.2) is 229 Å². The Hall–Kier alpha value is -8.60. The van der Waals surface area contributed by atoms with Gasteiger partial charge in [0.1, 0.15) is 11.2 Å². The van der Waals surface area contributed by atoms with Crippen LogP contribution in [0.2, 0.25) is 0 Å². The van der Waals surface area contributed by atoms with Gasteiger partial charge in [0.05, 0.1) is 33.1 Å². The van der Waals surface area contributed by atoms with E-state index in [4.69, 9.17) is 4.42 Å². The Kier molecular flexibility index (Phi) is 7.36. The molecule has 0 radical (unpaired) electrons. The van der Waals surface area contributed by atoms with E-state index in [1.807, 2.05) is 12.1 Å². The molecule has 0 saturated heterocycles. The number of hydrogen-bond acceptors (Lipinski definition) is 1. The molecule has 4 heteroatoms. The standard InChI is InChI=1S/C60H37N3O/c1-3-13-42(14-4-1)61-53-20-10-7-17-45(53)47-28-23-40(35-57(47)61)38-25-30-55-50(33-38)51-34-39(26-31-56(51)63(55)44-27-32-60-52(37-44)49-19-9-12-22-59(49)64-60)41-24-29-48-46-18-8-11-21-54(46)62(58(48)36-41)43-15-5-2-6-16-43/h1-37H. The lowest BCUT2D eigenvalue weighted by Crippen LogP contribution is -1.94. The van der Waals surface area contributed by atoms with Crippen LogP contribution in [0, 0.1) is 0 Å². The van der Waals surface area contributed by atoms with Crippen molar-refractivity contribution in [3.63, 3.8) is 0 Å². The first-order chi connectivity index (χ1) is 31.7. The Morgan fingerprint density at radius 1 is 0.219 bits per heavy atom. The topological polar surface area (TPSA) is 27.9 Å².